The van der Waals surface area contributed by atoms with Crippen molar-refractivity contribution in [2.45, 2.75) is 25.3 Å². The van der Waals surface area contributed by atoms with Crippen molar-refractivity contribution in [3.8, 4) is 0 Å². The molecule has 0 spiro atoms. The molecule has 0 aromatic carbocycles. The lowest BCUT2D eigenvalue weighted by molar-refractivity contribution is 0.373. The molecule has 0 unspecified atom stereocenters. The van der Waals surface area contributed by atoms with Crippen LogP contribution in [-0.2, 0) is 13.6 Å². The second kappa shape index (κ2) is 3.33. The molecule has 1 saturated carbocycles. The van der Waals surface area contributed by atoms with E-state index in [2.05, 4.69) is 10.1 Å². The van der Waals surface area contributed by atoms with Gasteiger partial charge in [-0.25, -0.2) is 4.79 Å². The molecule has 1 aliphatic rings. The number of aryl methyl sites for hydroxylation is 1. The third-order valence-electron chi connectivity index (χ3n) is 2.74. The van der Waals surface area contributed by atoms with Gasteiger partial charge in [0.1, 0.15) is 0 Å². The molecule has 0 radical (unpaired) electrons. The Hall–Kier alpha value is -1.85. The fourth-order valence-electron chi connectivity index (χ4n) is 1.61. The molecule has 84 valence electrons. The molecule has 0 bridgehead atoms. The number of nitrogens with zero attached hydrogens (tertiary/aromatic N) is 4. The summed E-state index contributed by atoms with van der Waals surface area (Å²) in [6, 6.07) is 0. The zero-order valence-corrected chi connectivity index (χ0v) is 8.96. The van der Waals surface area contributed by atoms with Gasteiger partial charge in [0, 0.05) is 25.4 Å². The zero-order chi connectivity index (χ0) is 11.1. The first-order chi connectivity index (χ1) is 7.74. The van der Waals surface area contributed by atoms with Gasteiger partial charge in [0.15, 0.2) is 5.82 Å². The molecule has 6 nitrogen and oxygen atoms in total. The fraction of sp³-hybridized carbons (Fsp3) is 0.500. The van der Waals surface area contributed by atoms with E-state index >= 15 is 0 Å². The van der Waals surface area contributed by atoms with E-state index in [0.717, 1.165) is 12.8 Å². The Balaban J connectivity index is 1.82. The Kier molecular flexibility index (Phi) is 1.95. The van der Waals surface area contributed by atoms with Gasteiger partial charge < -0.3 is 9.09 Å². The van der Waals surface area contributed by atoms with Gasteiger partial charge >= 0.3 is 5.69 Å². The molecule has 16 heavy (non-hydrogen) atoms. The van der Waals surface area contributed by atoms with Crippen LogP contribution in [0.3, 0.4) is 0 Å². The summed E-state index contributed by atoms with van der Waals surface area (Å²) in [6.07, 6.45) is 5.69. The molecule has 0 aliphatic heterocycles. The van der Waals surface area contributed by atoms with Gasteiger partial charge in [-0.15, -0.1) is 0 Å². The predicted molar refractivity (Wildman–Crippen MR) is 55.0 cm³/mol. The van der Waals surface area contributed by atoms with Crippen molar-refractivity contribution in [1.29, 1.82) is 0 Å². The summed E-state index contributed by atoms with van der Waals surface area (Å²) in [5, 5.41) is 3.87. The van der Waals surface area contributed by atoms with E-state index in [0.29, 0.717) is 24.2 Å². The Bertz CT molecular complexity index is 561. The first kappa shape index (κ1) is 9.38. The fourth-order valence-corrected chi connectivity index (χ4v) is 1.61. The lowest BCUT2D eigenvalue weighted by atomic mass is 10.4. The van der Waals surface area contributed by atoms with Gasteiger partial charge in [0.05, 0.1) is 6.54 Å². The highest BCUT2D eigenvalue weighted by atomic mass is 16.5. The van der Waals surface area contributed by atoms with E-state index in [9.17, 15) is 4.79 Å². The van der Waals surface area contributed by atoms with E-state index in [4.69, 9.17) is 4.52 Å². The van der Waals surface area contributed by atoms with Crippen LogP contribution in [0.15, 0.2) is 21.7 Å². The standard InChI is InChI=1S/C10H12N4O2/c1-13-4-5-14(10(13)15)6-8-11-9(16-12-8)7-2-3-7/h4-5,7H,2-3,6H2,1H3. The summed E-state index contributed by atoms with van der Waals surface area (Å²) in [4.78, 5) is 15.8. The first-order valence-corrected chi connectivity index (χ1v) is 5.28. The van der Waals surface area contributed by atoms with Gasteiger partial charge in [0.25, 0.3) is 0 Å². The number of aromatic nitrogens is 4. The van der Waals surface area contributed by atoms with Crippen LogP contribution in [0.25, 0.3) is 0 Å². The third kappa shape index (κ3) is 1.56. The molecule has 2 aromatic heterocycles. The van der Waals surface area contributed by atoms with Crippen LogP contribution in [0.2, 0.25) is 0 Å². The van der Waals surface area contributed by atoms with Crippen LogP contribution in [0, 0.1) is 0 Å². The quantitative estimate of drug-likeness (QED) is 0.755. The van der Waals surface area contributed by atoms with Crippen molar-refractivity contribution in [2.75, 3.05) is 0 Å². The van der Waals surface area contributed by atoms with Gasteiger partial charge in [-0.3, -0.25) is 4.57 Å². The summed E-state index contributed by atoms with van der Waals surface area (Å²) in [5.41, 5.74) is -0.0715. The van der Waals surface area contributed by atoms with Gasteiger partial charge in [-0.1, -0.05) is 5.16 Å². The first-order valence-electron chi connectivity index (χ1n) is 5.28. The molecule has 1 aliphatic carbocycles. The number of hydrogen-bond donors (Lipinski definition) is 0. The molecule has 2 aromatic rings. The Morgan fingerprint density at radius 1 is 1.50 bits per heavy atom. The lowest BCUT2D eigenvalue weighted by Crippen LogP contribution is -2.22. The Morgan fingerprint density at radius 2 is 2.31 bits per heavy atom. The Labute approximate surface area is 91.5 Å². The van der Waals surface area contributed by atoms with Crippen molar-refractivity contribution in [3.05, 3.63) is 34.6 Å². The van der Waals surface area contributed by atoms with Crippen LogP contribution in [0.5, 0.6) is 0 Å². The third-order valence-corrected chi connectivity index (χ3v) is 2.74. The molecular formula is C10H12N4O2. The average molecular weight is 220 g/mol. The topological polar surface area (TPSA) is 65.8 Å². The smallest absolute Gasteiger partial charge is 0.328 e. The second-order valence-corrected chi connectivity index (χ2v) is 4.14. The second-order valence-electron chi connectivity index (χ2n) is 4.14. The minimum absolute atomic E-state index is 0.0715. The zero-order valence-electron chi connectivity index (χ0n) is 8.96. The molecule has 0 N–H and O–H groups in total. The molecule has 3 rings (SSSR count). The van der Waals surface area contributed by atoms with Gasteiger partial charge in [-0.05, 0) is 12.8 Å². The van der Waals surface area contributed by atoms with Crippen LogP contribution in [-0.4, -0.2) is 19.3 Å². The van der Waals surface area contributed by atoms with Crippen LogP contribution in [0.1, 0.15) is 30.5 Å². The van der Waals surface area contributed by atoms with Crippen LogP contribution < -0.4 is 5.69 Å². The highest BCUT2D eigenvalue weighted by Gasteiger charge is 2.29. The molecular weight excluding hydrogens is 208 g/mol. The van der Waals surface area contributed by atoms with Crippen LogP contribution >= 0.6 is 0 Å². The van der Waals surface area contributed by atoms with Crippen molar-refractivity contribution >= 4 is 0 Å². The molecule has 2 heterocycles. The summed E-state index contributed by atoms with van der Waals surface area (Å²) in [7, 11) is 1.71. The normalized spacial score (nSPS) is 15.6. The highest BCUT2D eigenvalue weighted by Crippen LogP contribution is 2.38. The number of hydrogen-bond acceptors (Lipinski definition) is 4. The van der Waals surface area contributed by atoms with E-state index in [1.807, 2.05) is 0 Å². The van der Waals surface area contributed by atoms with Crippen molar-refractivity contribution in [2.24, 2.45) is 7.05 Å². The minimum Gasteiger partial charge on any atom is -0.339 e. The molecule has 0 atom stereocenters. The van der Waals surface area contributed by atoms with Crippen LogP contribution in [0.4, 0.5) is 0 Å². The summed E-state index contributed by atoms with van der Waals surface area (Å²) in [6.45, 7) is 0.371. The summed E-state index contributed by atoms with van der Waals surface area (Å²) < 4.78 is 8.20. The maximum absolute atomic E-state index is 11.6. The maximum atomic E-state index is 11.6. The molecule has 0 saturated heterocycles. The monoisotopic (exact) mass is 220 g/mol. The molecule has 0 amide bonds. The molecule has 1 fully saturated rings. The maximum Gasteiger partial charge on any atom is 0.328 e. The van der Waals surface area contributed by atoms with Crippen molar-refractivity contribution in [3.63, 3.8) is 0 Å². The largest absolute Gasteiger partial charge is 0.339 e. The number of imidazole rings is 1. The van der Waals surface area contributed by atoms with Gasteiger partial charge in [-0.2, -0.15) is 4.98 Å². The highest BCUT2D eigenvalue weighted by molar-refractivity contribution is 5.02. The van der Waals surface area contributed by atoms with E-state index < -0.39 is 0 Å². The Morgan fingerprint density at radius 3 is 2.94 bits per heavy atom. The predicted octanol–water partition coefficient (Wildman–Crippen LogP) is 0.495. The SMILES string of the molecule is Cn1ccn(Cc2noc(C3CC3)n2)c1=O. The number of rotatable bonds is 3. The lowest BCUT2D eigenvalue weighted by Gasteiger charge is -1.94. The minimum atomic E-state index is -0.0715. The van der Waals surface area contributed by atoms with Crippen molar-refractivity contribution < 1.29 is 4.52 Å². The van der Waals surface area contributed by atoms with Crippen molar-refractivity contribution in [1.82, 2.24) is 19.3 Å². The molecule has 6 heteroatoms. The average Bonchev–Trinajstić information content (AvgIpc) is 2.96. The van der Waals surface area contributed by atoms with E-state index in [-0.39, 0.29) is 5.69 Å². The summed E-state index contributed by atoms with van der Waals surface area (Å²) >= 11 is 0. The summed E-state index contributed by atoms with van der Waals surface area (Å²) in [5.74, 6) is 1.72. The van der Waals surface area contributed by atoms with E-state index in [1.54, 1.807) is 24.0 Å². The van der Waals surface area contributed by atoms with E-state index in [1.165, 1.54) is 4.57 Å². The van der Waals surface area contributed by atoms with Gasteiger partial charge in [0.2, 0.25) is 5.89 Å².